The third-order valence-electron chi connectivity index (χ3n) is 4.87. The molecule has 1 aliphatic rings. The minimum atomic E-state index is -0.937. The van der Waals surface area contributed by atoms with Gasteiger partial charge in [-0.1, -0.05) is 28.9 Å². The molecule has 0 saturated carbocycles. The molecule has 0 fully saturated rings. The molecule has 1 amide bonds. The number of nitro benzene ring substituents is 1. The minimum Gasteiger partial charge on any atom is -0.457 e. The second kappa shape index (κ2) is 9.25. The lowest BCUT2D eigenvalue weighted by Gasteiger charge is -2.12. The van der Waals surface area contributed by atoms with E-state index in [0.29, 0.717) is 22.0 Å². The topological polar surface area (TPSA) is 103 Å². The number of rotatable bonds is 6. The lowest BCUT2D eigenvalue weighted by molar-refractivity contribution is -0.384. The molecule has 8 nitrogen and oxygen atoms in total. The van der Waals surface area contributed by atoms with Crippen molar-refractivity contribution in [3.63, 3.8) is 0 Å². The number of ether oxygens (including phenoxy) is 1. The lowest BCUT2D eigenvalue weighted by Crippen LogP contribution is -2.28. The highest BCUT2D eigenvalue weighted by Crippen LogP contribution is 2.31. The van der Waals surface area contributed by atoms with E-state index < -0.39 is 16.9 Å². The summed E-state index contributed by atoms with van der Waals surface area (Å²) in [4.78, 5) is 28.7. The quantitative estimate of drug-likeness (QED) is 0.373. The summed E-state index contributed by atoms with van der Waals surface area (Å²) in [5.41, 5.74) is 1.81. The molecule has 1 aliphatic heterocycles. The van der Waals surface area contributed by atoms with Gasteiger partial charge in [0.25, 0.3) is 11.6 Å². The minimum absolute atomic E-state index is 0.161. The highest BCUT2D eigenvalue weighted by molar-refractivity contribution is 6.31. The second-order valence-corrected chi connectivity index (χ2v) is 7.73. The van der Waals surface area contributed by atoms with Gasteiger partial charge < -0.3 is 14.9 Å². The van der Waals surface area contributed by atoms with E-state index in [9.17, 15) is 19.3 Å². The molecule has 0 radical (unpaired) electrons. The van der Waals surface area contributed by atoms with E-state index in [1.54, 1.807) is 37.3 Å². The number of benzene rings is 3. The van der Waals surface area contributed by atoms with Gasteiger partial charge >= 0.3 is 0 Å². The Labute approximate surface area is 192 Å². The Morgan fingerprint density at radius 3 is 2.64 bits per heavy atom. The van der Waals surface area contributed by atoms with Crippen LogP contribution in [0, 0.1) is 22.9 Å². The summed E-state index contributed by atoms with van der Waals surface area (Å²) in [6, 6.07) is 14.6. The molecule has 3 aromatic rings. The van der Waals surface area contributed by atoms with E-state index in [0.717, 1.165) is 5.56 Å². The summed E-state index contributed by atoms with van der Waals surface area (Å²) in [5, 5.41) is 18.4. The molecule has 1 N–H and O–H groups in total. The van der Waals surface area contributed by atoms with Gasteiger partial charge in [-0.05, 0) is 48.4 Å². The van der Waals surface area contributed by atoms with Gasteiger partial charge in [0.15, 0.2) is 0 Å². The number of nitrogens with one attached hydrogen (secondary N) is 1. The monoisotopic (exact) mass is 469 g/mol. The lowest BCUT2D eigenvalue weighted by atomic mass is 10.0. The Bertz CT molecular complexity index is 1260. The van der Waals surface area contributed by atoms with E-state index >= 15 is 0 Å². The van der Waals surface area contributed by atoms with Crippen LogP contribution >= 0.6 is 11.6 Å². The zero-order valence-corrected chi connectivity index (χ0v) is 18.0. The van der Waals surface area contributed by atoms with E-state index in [4.69, 9.17) is 21.2 Å². The zero-order chi connectivity index (χ0) is 23.5. The summed E-state index contributed by atoms with van der Waals surface area (Å²) < 4.78 is 18.9. The summed E-state index contributed by atoms with van der Waals surface area (Å²) >= 11 is 6.02. The van der Waals surface area contributed by atoms with E-state index in [1.807, 2.05) is 0 Å². The number of anilines is 1. The molecule has 0 spiro atoms. The van der Waals surface area contributed by atoms with Gasteiger partial charge in [0.1, 0.15) is 17.3 Å². The molecule has 1 atom stereocenters. The van der Waals surface area contributed by atoms with E-state index in [2.05, 4.69) is 10.5 Å². The molecule has 4 rings (SSSR count). The van der Waals surface area contributed by atoms with Crippen LogP contribution in [0.15, 0.2) is 65.8 Å². The highest BCUT2D eigenvalue weighted by atomic mass is 35.5. The molecule has 10 heteroatoms. The molecule has 0 saturated heterocycles. The SMILES string of the molecule is Cc1cc(Oc2cc(NC(=O)C3CC(c4ccc(F)cc4)=NO3)cc([N+](=O)[O-])c2)ccc1Cl. The second-order valence-electron chi connectivity index (χ2n) is 7.32. The maximum atomic E-state index is 13.1. The standard InChI is InChI=1S/C23H17ClFN3O5/c1-13-8-18(6-7-20(13)24)32-19-10-16(9-17(11-19)28(30)31)26-23(29)22-12-21(27-33-22)14-2-4-15(25)5-3-14/h2-11,22H,12H2,1H3,(H,26,29). The number of nitro groups is 1. The van der Waals surface area contributed by atoms with Gasteiger partial charge in [0, 0.05) is 23.6 Å². The van der Waals surface area contributed by atoms with Crippen LogP contribution in [0.4, 0.5) is 15.8 Å². The van der Waals surface area contributed by atoms with Crippen molar-refractivity contribution in [1.82, 2.24) is 0 Å². The van der Waals surface area contributed by atoms with E-state index in [-0.39, 0.29) is 29.4 Å². The molecule has 1 heterocycles. The molecule has 0 aliphatic carbocycles. The van der Waals surface area contributed by atoms with Crippen molar-refractivity contribution >= 4 is 34.6 Å². The van der Waals surface area contributed by atoms with Crippen molar-refractivity contribution < 1.29 is 23.7 Å². The summed E-state index contributed by atoms with van der Waals surface area (Å²) in [6.07, 6.45) is -0.771. The number of amides is 1. The van der Waals surface area contributed by atoms with Crippen molar-refractivity contribution in [2.45, 2.75) is 19.4 Å². The number of carbonyl (C=O) groups is 1. The molecule has 0 aromatic heterocycles. The molecular formula is C23H17ClFN3O5. The smallest absolute Gasteiger partial charge is 0.275 e. The number of hydrogen-bond acceptors (Lipinski definition) is 6. The molecule has 168 valence electrons. The third-order valence-corrected chi connectivity index (χ3v) is 5.30. The molecule has 33 heavy (non-hydrogen) atoms. The number of carbonyl (C=O) groups excluding carboxylic acids is 1. The molecule has 0 bridgehead atoms. The van der Waals surface area contributed by atoms with Crippen LogP contribution in [0.1, 0.15) is 17.5 Å². The first-order chi connectivity index (χ1) is 15.8. The molecule has 3 aromatic carbocycles. The predicted molar refractivity (Wildman–Crippen MR) is 120 cm³/mol. The largest absolute Gasteiger partial charge is 0.457 e. The van der Waals surface area contributed by atoms with Gasteiger partial charge in [0.2, 0.25) is 6.10 Å². The first kappa shape index (κ1) is 22.2. The average molecular weight is 470 g/mol. The van der Waals surface area contributed by atoms with Crippen LogP contribution < -0.4 is 10.1 Å². The fourth-order valence-corrected chi connectivity index (χ4v) is 3.31. The number of hydrogen-bond donors (Lipinski definition) is 1. The van der Waals surface area contributed by atoms with Gasteiger partial charge in [-0.3, -0.25) is 14.9 Å². The Kier molecular flexibility index (Phi) is 6.23. The van der Waals surface area contributed by atoms with Crippen molar-refractivity contribution in [3.05, 3.63) is 92.7 Å². The van der Waals surface area contributed by atoms with Crippen LogP contribution in [0.3, 0.4) is 0 Å². The first-order valence-electron chi connectivity index (χ1n) is 9.81. The van der Waals surface area contributed by atoms with Crippen LogP contribution in [0.5, 0.6) is 11.5 Å². The van der Waals surface area contributed by atoms with Crippen LogP contribution in [0.2, 0.25) is 5.02 Å². The zero-order valence-electron chi connectivity index (χ0n) is 17.2. The van der Waals surface area contributed by atoms with Gasteiger partial charge in [-0.25, -0.2) is 4.39 Å². The fraction of sp³-hybridized carbons (Fsp3) is 0.130. The van der Waals surface area contributed by atoms with Crippen molar-refractivity contribution in [3.8, 4) is 11.5 Å². The normalized spacial score (nSPS) is 14.9. The Balaban J connectivity index is 1.49. The van der Waals surface area contributed by atoms with Crippen LogP contribution in [-0.2, 0) is 9.63 Å². The fourth-order valence-electron chi connectivity index (χ4n) is 3.19. The number of oxime groups is 1. The van der Waals surface area contributed by atoms with Gasteiger partial charge in [-0.15, -0.1) is 0 Å². The summed E-state index contributed by atoms with van der Waals surface area (Å²) in [6.45, 7) is 1.80. The third kappa shape index (κ3) is 5.27. The predicted octanol–water partition coefficient (Wildman–Crippen LogP) is 5.62. The Hall–Kier alpha value is -3.98. The maximum absolute atomic E-state index is 13.1. The van der Waals surface area contributed by atoms with E-state index in [1.165, 1.54) is 30.3 Å². The van der Waals surface area contributed by atoms with Gasteiger partial charge in [-0.2, -0.15) is 0 Å². The van der Waals surface area contributed by atoms with Crippen molar-refractivity contribution in [2.75, 3.05) is 5.32 Å². The average Bonchev–Trinajstić information content (AvgIpc) is 3.27. The molecule has 1 unspecified atom stereocenters. The number of aryl methyl sites for hydroxylation is 1. The maximum Gasteiger partial charge on any atom is 0.275 e. The van der Waals surface area contributed by atoms with Crippen molar-refractivity contribution in [1.29, 1.82) is 0 Å². The summed E-state index contributed by atoms with van der Waals surface area (Å²) in [7, 11) is 0. The Morgan fingerprint density at radius 2 is 1.94 bits per heavy atom. The first-order valence-corrected chi connectivity index (χ1v) is 10.2. The van der Waals surface area contributed by atoms with Gasteiger partial charge in [0.05, 0.1) is 22.4 Å². The number of halogens is 2. The van der Waals surface area contributed by atoms with Crippen LogP contribution in [-0.4, -0.2) is 22.6 Å². The summed E-state index contributed by atoms with van der Waals surface area (Å²) in [5.74, 6) is -0.322. The highest BCUT2D eigenvalue weighted by Gasteiger charge is 2.29. The van der Waals surface area contributed by atoms with Crippen LogP contribution in [0.25, 0.3) is 0 Å². The Morgan fingerprint density at radius 1 is 1.18 bits per heavy atom. The number of nitrogens with zero attached hydrogens (tertiary/aromatic N) is 2. The molecular weight excluding hydrogens is 453 g/mol. The number of non-ortho nitro benzene ring substituents is 1. The van der Waals surface area contributed by atoms with Crippen molar-refractivity contribution in [2.24, 2.45) is 5.16 Å².